The molecule has 148 valence electrons. The minimum absolute atomic E-state index is 0.351. The number of amides is 1. The van der Waals surface area contributed by atoms with Gasteiger partial charge in [-0.05, 0) is 36.6 Å². The molecule has 0 unspecified atom stereocenters. The summed E-state index contributed by atoms with van der Waals surface area (Å²) in [4.78, 5) is 24.7. The number of methoxy groups -OCH3 is 4. The second kappa shape index (κ2) is 9.30. The van der Waals surface area contributed by atoms with Gasteiger partial charge in [0.15, 0.2) is 11.5 Å². The fraction of sp³-hybridized carbons (Fsp3) is 0.500. The van der Waals surface area contributed by atoms with E-state index in [0.29, 0.717) is 35.7 Å². The standard InChI is InChI=1S/C20H27NO6/c1-24-15-12-14(13-16(25-2)18(15)26-3)8-9-17(22)21-20(19(23)27-4)10-6-5-7-11-20/h8-9,12-13H,5-7,10-11H2,1-4H3,(H,21,22)/b9-8+. The van der Waals surface area contributed by atoms with E-state index in [-0.39, 0.29) is 5.91 Å². The van der Waals surface area contributed by atoms with E-state index in [9.17, 15) is 9.59 Å². The zero-order valence-electron chi connectivity index (χ0n) is 16.3. The van der Waals surface area contributed by atoms with Crippen LogP contribution in [-0.4, -0.2) is 45.9 Å². The maximum Gasteiger partial charge on any atom is 0.331 e. The number of carbonyl (C=O) groups is 2. The van der Waals surface area contributed by atoms with Gasteiger partial charge in [0.05, 0.1) is 28.4 Å². The zero-order chi connectivity index (χ0) is 19.9. The number of hydrogen-bond acceptors (Lipinski definition) is 6. The number of hydrogen-bond donors (Lipinski definition) is 1. The van der Waals surface area contributed by atoms with E-state index in [2.05, 4.69) is 5.32 Å². The number of nitrogens with one attached hydrogen (secondary N) is 1. The Hall–Kier alpha value is -2.70. The predicted octanol–water partition coefficient (Wildman–Crippen LogP) is 2.72. The zero-order valence-corrected chi connectivity index (χ0v) is 16.3. The third-order valence-electron chi connectivity index (χ3n) is 4.76. The average Bonchev–Trinajstić information content (AvgIpc) is 2.71. The summed E-state index contributed by atoms with van der Waals surface area (Å²) in [5.74, 6) is 0.728. The molecule has 1 fully saturated rings. The Bertz CT molecular complexity index is 681. The first-order chi connectivity index (χ1) is 13.0. The highest BCUT2D eigenvalue weighted by Gasteiger charge is 2.41. The molecule has 1 amide bonds. The van der Waals surface area contributed by atoms with Crippen LogP contribution in [0, 0.1) is 0 Å². The monoisotopic (exact) mass is 377 g/mol. The Morgan fingerprint density at radius 2 is 1.56 bits per heavy atom. The van der Waals surface area contributed by atoms with Crippen LogP contribution in [-0.2, 0) is 14.3 Å². The molecule has 1 aromatic rings. The molecule has 7 nitrogen and oxygen atoms in total. The highest BCUT2D eigenvalue weighted by Crippen LogP contribution is 2.38. The van der Waals surface area contributed by atoms with E-state index in [0.717, 1.165) is 19.3 Å². The van der Waals surface area contributed by atoms with Gasteiger partial charge in [0, 0.05) is 6.08 Å². The molecule has 0 radical (unpaired) electrons. The highest BCUT2D eigenvalue weighted by atomic mass is 16.5. The molecule has 1 aromatic carbocycles. The minimum Gasteiger partial charge on any atom is -0.493 e. The molecule has 0 spiro atoms. The van der Waals surface area contributed by atoms with E-state index >= 15 is 0 Å². The summed E-state index contributed by atoms with van der Waals surface area (Å²) in [7, 11) is 5.93. The molecule has 0 heterocycles. The van der Waals surface area contributed by atoms with Crippen LogP contribution in [0.4, 0.5) is 0 Å². The number of rotatable bonds is 7. The first-order valence-corrected chi connectivity index (χ1v) is 8.88. The van der Waals surface area contributed by atoms with Gasteiger partial charge in [0.2, 0.25) is 11.7 Å². The number of ether oxygens (including phenoxy) is 4. The normalized spacial score (nSPS) is 15.9. The van der Waals surface area contributed by atoms with Gasteiger partial charge in [-0.25, -0.2) is 4.79 Å². The summed E-state index contributed by atoms with van der Waals surface area (Å²) >= 11 is 0. The maximum atomic E-state index is 12.4. The Kier molecular flexibility index (Phi) is 7.10. The van der Waals surface area contributed by atoms with Crippen LogP contribution in [0.2, 0.25) is 0 Å². The maximum absolute atomic E-state index is 12.4. The minimum atomic E-state index is -0.941. The molecule has 0 saturated heterocycles. The molecular formula is C20H27NO6. The lowest BCUT2D eigenvalue weighted by Crippen LogP contribution is -2.55. The number of esters is 1. The SMILES string of the molecule is COC(=O)C1(NC(=O)/C=C/c2cc(OC)c(OC)c(OC)c2)CCCCC1. The first kappa shape index (κ1) is 20.6. The van der Waals surface area contributed by atoms with Gasteiger partial charge in [-0.2, -0.15) is 0 Å². The topological polar surface area (TPSA) is 83.1 Å². The van der Waals surface area contributed by atoms with E-state index in [1.165, 1.54) is 34.5 Å². The van der Waals surface area contributed by atoms with Crippen molar-refractivity contribution in [1.82, 2.24) is 5.32 Å². The van der Waals surface area contributed by atoms with Gasteiger partial charge >= 0.3 is 5.97 Å². The highest BCUT2D eigenvalue weighted by molar-refractivity contribution is 5.96. The fourth-order valence-corrected chi connectivity index (χ4v) is 3.38. The van der Waals surface area contributed by atoms with Crippen LogP contribution in [0.25, 0.3) is 6.08 Å². The molecule has 1 saturated carbocycles. The van der Waals surface area contributed by atoms with Crippen LogP contribution in [0.1, 0.15) is 37.7 Å². The second-order valence-electron chi connectivity index (χ2n) is 6.42. The van der Waals surface area contributed by atoms with Crippen LogP contribution in [0.5, 0.6) is 17.2 Å². The molecule has 1 N–H and O–H groups in total. The molecular weight excluding hydrogens is 350 g/mol. The average molecular weight is 377 g/mol. The summed E-state index contributed by atoms with van der Waals surface area (Å²) in [6, 6.07) is 3.48. The third kappa shape index (κ3) is 4.72. The molecule has 0 bridgehead atoms. The molecule has 1 aliphatic carbocycles. The molecule has 0 aliphatic heterocycles. The van der Waals surface area contributed by atoms with Crippen molar-refractivity contribution in [2.45, 2.75) is 37.6 Å². The van der Waals surface area contributed by atoms with Crippen molar-refractivity contribution in [2.75, 3.05) is 28.4 Å². The molecule has 7 heteroatoms. The Balaban J connectivity index is 2.19. The van der Waals surface area contributed by atoms with E-state index in [1.54, 1.807) is 18.2 Å². The summed E-state index contributed by atoms with van der Waals surface area (Å²) in [6.45, 7) is 0. The van der Waals surface area contributed by atoms with Crippen molar-refractivity contribution in [2.24, 2.45) is 0 Å². The van der Waals surface area contributed by atoms with E-state index < -0.39 is 11.5 Å². The molecule has 2 rings (SSSR count). The van der Waals surface area contributed by atoms with Gasteiger partial charge in [-0.3, -0.25) is 4.79 Å². The second-order valence-corrected chi connectivity index (χ2v) is 6.42. The first-order valence-electron chi connectivity index (χ1n) is 8.88. The fourth-order valence-electron chi connectivity index (χ4n) is 3.38. The van der Waals surface area contributed by atoms with Crippen molar-refractivity contribution in [3.8, 4) is 17.2 Å². The summed E-state index contributed by atoms with van der Waals surface area (Å²) < 4.78 is 20.8. The van der Waals surface area contributed by atoms with Gasteiger partial charge in [-0.15, -0.1) is 0 Å². The Labute approximate surface area is 159 Å². The van der Waals surface area contributed by atoms with Crippen molar-refractivity contribution in [1.29, 1.82) is 0 Å². The summed E-state index contributed by atoms with van der Waals surface area (Å²) in [5.41, 5.74) is -0.237. The largest absolute Gasteiger partial charge is 0.493 e. The van der Waals surface area contributed by atoms with E-state index in [4.69, 9.17) is 18.9 Å². The van der Waals surface area contributed by atoms with Crippen LogP contribution in [0.15, 0.2) is 18.2 Å². The van der Waals surface area contributed by atoms with Crippen LogP contribution >= 0.6 is 0 Å². The van der Waals surface area contributed by atoms with Crippen LogP contribution < -0.4 is 19.5 Å². The molecule has 0 aromatic heterocycles. The number of benzene rings is 1. The smallest absolute Gasteiger partial charge is 0.331 e. The molecule has 27 heavy (non-hydrogen) atoms. The Morgan fingerprint density at radius 3 is 2.04 bits per heavy atom. The number of carbonyl (C=O) groups excluding carboxylic acids is 2. The predicted molar refractivity (Wildman–Crippen MR) is 101 cm³/mol. The summed E-state index contributed by atoms with van der Waals surface area (Å²) in [5, 5.41) is 2.85. The van der Waals surface area contributed by atoms with Gasteiger partial charge in [-0.1, -0.05) is 19.3 Å². The van der Waals surface area contributed by atoms with Crippen molar-refractivity contribution in [3.63, 3.8) is 0 Å². The van der Waals surface area contributed by atoms with Gasteiger partial charge in [0.25, 0.3) is 0 Å². The van der Waals surface area contributed by atoms with Gasteiger partial charge in [0.1, 0.15) is 5.54 Å². The Morgan fingerprint density at radius 1 is 0.963 bits per heavy atom. The lowest BCUT2D eigenvalue weighted by atomic mass is 9.81. The third-order valence-corrected chi connectivity index (χ3v) is 4.76. The van der Waals surface area contributed by atoms with Crippen molar-refractivity contribution < 1.29 is 28.5 Å². The van der Waals surface area contributed by atoms with Crippen molar-refractivity contribution >= 4 is 18.0 Å². The quantitative estimate of drug-likeness (QED) is 0.581. The lowest BCUT2D eigenvalue weighted by Gasteiger charge is -2.34. The molecule has 1 aliphatic rings. The molecule has 0 atom stereocenters. The summed E-state index contributed by atoms with van der Waals surface area (Å²) in [6.07, 6.45) is 7.01. The van der Waals surface area contributed by atoms with E-state index in [1.807, 2.05) is 0 Å². The lowest BCUT2D eigenvalue weighted by molar-refractivity contribution is -0.152. The van der Waals surface area contributed by atoms with Crippen molar-refractivity contribution in [3.05, 3.63) is 23.8 Å². The van der Waals surface area contributed by atoms with Gasteiger partial charge < -0.3 is 24.3 Å². The van der Waals surface area contributed by atoms with Crippen LogP contribution in [0.3, 0.4) is 0 Å².